The molecule has 2 nitrogen and oxygen atoms in total. The summed E-state index contributed by atoms with van der Waals surface area (Å²) in [6.07, 6.45) is 3.14. The molecule has 0 bridgehead atoms. The summed E-state index contributed by atoms with van der Waals surface area (Å²) in [5, 5.41) is 1.20. The fourth-order valence-electron chi connectivity index (χ4n) is 2.88. The minimum Gasteiger partial charge on any atom is -0.399 e. The monoisotopic (exact) mass is 292 g/mol. The zero-order valence-corrected chi connectivity index (χ0v) is 12.5. The van der Waals surface area contributed by atoms with Gasteiger partial charge in [0.25, 0.3) is 0 Å². The smallest absolute Gasteiger partial charge is 0.0979 e. The Bertz CT molecular complexity index is 787. The second-order valence-corrected chi connectivity index (χ2v) is 6.62. The average molecular weight is 292 g/mol. The van der Waals surface area contributed by atoms with Crippen molar-refractivity contribution in [1.29, 1.82) is 0 Å². The van der Waals surface area contributed by atoms with Crippen LogP contribution in [0, 0.1) is 0 Å². The lowest BCUT2D eigenvalue weighted by molar-refractivity contribution is 0.953. The lowest BCUT2D eigenvalue weighted by Crippen LogP contribution is -2.01. The molecule has 0 saturated heterocycles. The molecule has 3 heteroatoms. The number of benzene rings is 2. The predicted molar refractivity (Wildman–Crippen MR) is 88.6 cm³/mol. The van der Waals surface area contributed by atoms with Gasteiger partial charge in [0.2, 0.25) is 0 Å². The maximum Gasteiger partial charge on any atom is 0.0979 e. The molecule has 21 heavy (non-hydrogen) atoms. The van der Waals surface area contributed by atoms with Crippen LogP contribution in [0.2, 0.25) is 0 Å². The number of rotatable bonds is 2. The van der Waals surface area contributed by atoms with Crippen molar-refractivity contribution in [1.82, 2.24) is 4.98 Å². The first-order chi connectivity index (χ1) is 10.3. The normalized spacial score (nSPS) is 12.8. The molecule has 0 fully saturated rings. The molecular formula is C18H16N2S. The second kappa shape index (κ2) is 5.01. The van der Waals surface area contributed by atoms with E-state index in [1.54, 1.807) is 0 Å². The number of hydrogen-bond donors (Lipinski definition) is 1. The number of nitrogen functional groups attached to an aromatic ring is 1. The minimum absolute atomic E-state index is 0.811. The van der Waals surface area contributed by atoms with Gasteiger partial charge in [0.05, 0.1) is 10.7 Å². The van der Waals surface area contributed by atoms with Crippen LogP contribution in [-0.4, -0.2) is 4.98 Å². The van der Waals surface area contributed by atoms with Gasteiger partial charge in [-0.05, 0) is 36.1 Å². The van der Waals surface area contributed by atoms with Gasteiger partial charge in [-0.1, -0.05) is 36.4 Å². The third kappa shape index (κ3) is 2.34. The molecular weight excluding hydrogens is 276 g/mol. The molecule has 2 N–H and O–H groups in total. The Labute approximate surface area is 128 Å². The molecule has 0 saturated carbocycles. The number of nitrogens with zero attached hydrogens (tertiary/aromatic N) is 1. The van der Waals surface area contributed by atoms with Crippen molar-refractivity contribution >= 4 is 17.0 Å². The standard InChI is InChI=1S/C18H16N2S/c19-14-8-5-12(6-9-14)11-17-20-18-15-4-2-1-3-13(15)7-10-16(18)21-17/h1-6,8-9H,7,10-11,19H2. The molecule has 0 radical (unpaired) electrons. The molecule has 1 aliphatic carbocycles. The summed E-state index contributed by atoms with van der Waals surface area (Å²) < 4.78 is 0. The fraction of sp³-hybridized carbons (Fsp3) is 0.167. The molecule has 1 aromatic heterocycles. The number of hydrogen-bond acceptors (Lipinski definition) is 3. The second-order valence-electron chi connectivity index (χ2n) is 5.45. The summed E-state index contributed by atoms with van der Waals surface area (Å²) in [7, 11) is 0. The molecule has 0 atom stereocenters. The zero-order valence-electron chi connectivity index (χ0n) is 11.7. The van der Waals surface area contributed by atoms with E-state index in [0.717, 1.165) is 24.9 Å². The first-order valence-electron chi connectivity index (χ1n) is 7.21. The van der Waals surface area contributed by atoms with Crippen molar-refractivity contribution < 1.29 is 0 Å². The van der Waals surface area contributed by atoms with Crippen LogP contribution >= 0.6 is 11.3 Å². The lowest BCUT2D eigenvalue weighted by atomic mass is 9.94. The van der Waals surface area contributed by atoms with Crippen molar-refractivity contribution in [3.63, 3.8) is 0 Å². The molecule has 104 valence electrons. The quantitative estimate of drug-likeness (QED) is 0.723. The average Bonchev–Trinajstić information content (AvgIpc) is 2.92. The van der Waals surface area contributed by atoms with Gasteiger partial charge in [0.1, 0.15) is 0 Å². The predicted octanol–water partition coefficient (Wildman–Crippen LogP) is 4.08. The van der Waals surface area contributed by atoms with Crippen molar-refractivity contribution in [2.45, 2.75) is 19.3 Å². The Kier molecular flexibility index (Phi) is 3.00. The Balaban J connectivity index is 1.68. The van der Waals surface area contributed by atoms with E-state index < -0.39 is 0 Å². The zero-order chi connectivity index (χ0) is 14.2. The van der Waals surface area contributed by atoms with Crippen LogP contribution in [-0.2, 0) is 19.3 Å². The van der Waals surface area contributed by atoms with Crippen molar-refractivity contribution in [2.75, 3.05) is 5.73 Å². The minimum atomic E-state index is 0.811. The summed E-state index contributed by atoms with van der Waals surface area (Å²) in [6, 6.07) is 16.7. The first-order valence-corrected chi connectivity index (χ1v) is 8.02. The molecule has 1 aliphatic rings. The third-order valence-corrected chi connectivity index (χ3v) is 5.09. The van der Waals surface area contributed by atoms with E-state index in [1.807, 2.05) is 23.5 Å². The molecule has 0 amide bonds. The molecule has 1 heterocycles. The maximum absolute atomic E-state index is 5.74. The molecule has 0 aliphatic heterocycles. The van der Waals surface area contributed by atoms with Gasteiger partial charge in [-0.15, -0.1) is 11.3 Å². The number of nitrogens with two attached hydrogens (primary N) is 1. The van der Waals surface area contributed by atoms with Crippen LogP contribution in [0.15, 0.2) is 48.5 Å². The van der Waals surface area contributed by atoms with Gasteiger partial charge < -0.3 is 5.73 Å². The highest BCUT2D eigenvalue weighted by molar-refractivity contribution is 7.12. The Hall–Kier alpha value is -2.13. The summed E-state index contributed by atoms with van der Waals surface area (Å²) in [5.74, 6) is 0. The summed E-state index contributed by atoms with van der Waals surface area (Å²) in [6.45, 7) is 0. The van der Waals surface area contributed by atoms with Gasteiger partial charge >= 0.3 is 0 Å². The summed E-state index contributed by atoms with van der Waals surface area (Å²) in [5.41, 5.74) is 11.8. The van der Waals surface area contributed by atoms with Crippen LogP contribution in [0.4, 0.5) is 5.69 Å². The fourth-order valence-corrected chi connectivity index (χ4v) is 4.00. The molecule has 0 unspecified atom stereocenters. The Morgan fingerprint density at radius 3 is 2.67 bits per heavy atom. The number of aromatic nitrogens is 1. The van der Waals surface area contributed by atoms with Gasteiger partial charge in [0.15, 0.2) is 0 Å². The number of thiazole rings is 1. The number of anilines is 1. The van der Waals surface area contributed by atoms with E-state index >= 15 is 0 Å². The van der Waals surface area contributed by atoms with Crippen LogP contribution < -0.4 is 5.73 Å². The number of aryl methyl sites for hydroxylation is 2. The van der Waals surface area contributed by atoms with Crippen molar-refractivity contribution in [2.24, 2.45) is 0 Å². The van der Waals surface area contributed by atoms with E-state index in [-0.39, 0.29) is 0 Å². The highest BCUT2D eigenvalue weighted by Gasteiger charge is 2.20. The largest absolute Gasteiger partial charge is 0.399 e. The summed E-state index contributed by atoms with van der Waals surface area (Å²) >= 11 is 1.86. The molecule has 2 aromatic carbocycles. The number of fused-ring (bicyclic) bond motifs is 3. The van der Waals surface area contributed by atoms with Gasteiger partial charge in [-0.3, -0.25) is 0 Å². The highest BCUT2D eigenvalue weighted by Crippen LogP contribution is 2.36. The van der Waals surface area contributed by atoms with E-state index in [4.69, 9.17) is 10.7 Å². The maximum atomic E-state index is 5.74. The molecule has 0 spiro atoms. The van der Waals surface area contributed by atoms with Crippen LogP contribution in [0.1, 0.15) is 21.0 Å². The highest BCUT2D eigenvalue weighted by atomic mass is 32.1. The first kappa shape index (κ1) is 12.6. The summed E-state index contributed by atoms with van der Waals surface area (Å²) in [4.78, 5) is 6.33. The third-order valence-electron chi connectivity index (χ3n) is 3.97. The van der Waals surface area contributed by atoms with Crippen LogP contribution in [0.25, 0.3) is 11.3 Å². The Morgan fingerprint density at radius 1 is 1.00 bits per heavy atom. The lowest BCUT2D eigenvalue weighted by Gasteiger charge is -2.13. The van der Waals surface area contributed by atoms with Gasteiger partial charge in [-0.25, -0.2) is 4.98 Å². The SMILES string of the molecule is Nc1ccc(Cc2nc3c(s2)CCc2ccccc2-3)cc1. The van der Waals surface area contributed by atoms with E-state index in [9.17, 15) is 0 Å². The van der Waals surface area contributed by atoms with E-state index in [1.165, 1.54) is 32.3 Å². The van der Waals surface area contributed by atoms with Gasteiger partial charge in [0, 0.05) is 22.5 Å². The van der Waals surface area contributed by atoms with Crippen molar-refractivity contribution in [3.05, 3.63) is 69.5 Å². The topological polar surface area (TPSA) is 38.9 Å². The molecule has 4 rings (SSSR count). The van der Waals surface area contributed by atoms with E-state index in [0.29, 0.717) is 0 Å². The van der Waals surface area contributed by atoms with Crippen LogP contribution in [0.3, 0.4) is 0 Å². The van der Waals surface area contributed by atoms with E-state index in [2.05, 4.69) is 36.4 Å². The van der Waals surface area contributed by atoms with Crippen LogP contribution in [0.5, 0.6) is 0 Å². The van der Waals surface area contributed by atoms with Gasteiger partial charge in [-0.2, -0.15) is 0 Å². The van der Waals surface area contributed by atoms with Crippen molar-refractivity contribution in [3.8, 4) is 11.3 Å². The Morgan fingerprint density at radius 2 is 1.81 bits per heavy atom. The molecule has 3 aromatic rings.